The van der Waals surface area contributed by atoms with Gasteiger partial charge in [-0.2, -0.15) is 13.2 Å². The first-order valence-corrected chi connectivity index (χ1v) is 11.2. The van der Waals surface area contributed by atoms with Gasteiger partial charge in [-0.3, -0.25) is 19.8 Å². The SMILES string of the molecule is NC(=O)C(CC(=O)NO)Cc1cc(Oc2ccc(NC(=O)Nc3ccc(Cl)c(C(F)(F)F)c3)cc2)ccn1. The number of alkyl halides is 3. The number of hydroxylamine groups is 1. The Hall–Kier alpha value is -4.36. The number of halogens is 4. The van der Waals surface area contributed by atoms with Crippen LogP contribution in [0.2, 0.25) is 5.02 Å². The van der Waals surface area contributed by atoms with Gasteiger partial charge in [-0.25, -0.2) is 10.3 Å². The predicted octanol–water partition coefficient (Wildman–Crippen LogP) is 4.73. The highest BCUT2D eigenvalue weighted by molar-refractivity contribution is 6.31. The molecule has 38 heavy (non-hydrogen) atoms. The van der Waals surface area contributed by atoms with Gasteiger partial charge >= 0.3 is 12.2 Å². The van der Waals surface area contributed by atoms with E-state index in [1.54, 1.807) is 12.1 Å². The molecule has 0 saturated heterocycles. The lowest BCUT2D eigenvalue weighted by molar-refractivity contribution is -0.137. The van der Waals surface area contributed by atoms with E-state index in [9.17, 15) is 27.6 Å². The highest BCUT2D eigenvalue weighted by Gasteiger charge is 2.33. The van der Waals surface area contributed by atoms with E-state index in [1.807, 2.05) is 0 Å². The number of carbonyl (C=O) groups is 3. The smallest absolute Gasteiger partial charge is 0.417 e. The summed E-state index contributed by atoms with van der Waals surface area (Å²) in [5.41, 5.74) is 6.37. The van der Waals surface area contributed by atoms with E-state index in [2.05, 4.69) is 15.6 Å². The number of nitrogens with zero attached hydrogens (tertiary/aromatic N) is 1. The van der Waals surface area contributed by atoms with Gasteiger partial charge in [-0.1, -0.05) is 11.6 Å². The maximum absolute atomic E-state index is 13.0. The third-order valence-electron chi connectivity index (χ3n) is 5.08. The molecular formula is C24H21ClF3N5O5. The molecule has 1 atom stereocenters. The molecule has 0 fully saturated rings. The van der Waals surface area contributed by atoms with Gasteiger partial charge in [0, 0.05) is 42.2 Å². The normalized spacial score (nSPS) is 11.8. The molecule has 0 saturated carbocycles. The second kappa shape index (κ2) is 12.3. The van der Waals surface area contributed by atoms with Crippen LogP contribution in [0.25, 0.3) is 0 Å². The highest BCUT2D eigenvalue weighted by Crippen LogP contribution is 2.36. The van der Waals surface area contributed by atoms with Crippen molar-refractivity contribution in [2.75, 3.05) is 10.6 Å². The Bertz CT molecular complexity index is 1320. The molecule has 3 aromatic rings. The van der Waals surface area contributed by atoms with Crippen molar-refractivity contribution >= 4 is 40.8 Å². The number of anilines is 2. The summed E-state index contributed by atoms with van der Waals surface area (Å²) in [7, 11) is 0. The van der Waals surface area contributed by atoms with Crippen molar-refractivity contribution in [2.45, 2.75) is 19.0 Å². The Morgan fingerprint density at radius 2 is 1.66 bits per heavy atom. The molecule has 0 radical (unpaired) electrons. The zero-order chi connectivity index (χ0) is 27.9. The minimum atomic E-state index is -4.67. The summed E-state index contributed by atoms with van der Waals surface area (Å²) < 4.78 is 44.8. The van der Waals surface area contributed by atoms with Crippen LogP contribution in [0, 0.1) is 5.92 Å². The number of carbonyl (C=O) groups excluding carboxylic acids is 3. The Morgan fingerprint density at radius 3 is 2.29 bits per heavy atom. The minimum Gasteiger partial charge on any atom is -0.457 e. The van der Waals surface area contributed by atoms with Crippen LogP contribution >= 0.6 is 11.6 Å². The summed E-state index contributed by atoms with van der Waals surface area (Å²) >= 11 is 5.58. The third kappa shape index (κ3) is 8.08. The number of rotatable bonds is 9. The van der Waals surface area contributed by atoms with E-state index in [0.29, 0.717) is 22.9 Å². The van der Waals surface area contributed by atoms with Crippen molar-refractivity contribution < 1.29 is 37.5 Å². The first kappa shape index (κ1) is 28.2. The topological polar surface area (TPSA) is 156 Å². The average molecular weight is 552 g/mol. The standard InChI is InChI=1S/C24H21ClF3N5O5/c25-20-6-3-15(12-19(20)24(26,27)28)32-23(36)31-14-1-4-17(5-2-14)38-18-7-8-30-16(11-18)9-13(22(29)35)10-21(34)33-37/h1-8,11-13,37H,9-10H2,(H2,29,35)(H,33,34)(H2,31,32,36). The molecule has 200 valence electrons. The lowest BCUT2D eigenvalue weighted by atomic mass is 9.98. The molecule has 1 unspecified atom stereocenters. The van der Waals surface area contributed by atoms with Crippen LogP contribution in [-0.4, -0.2) is 28.0 Å². The Labute approximate surface area is 218 Å². The maximum atomic E-state index is 13.0. The fourth-order valence-electron chi connectivity index (χ4n) is 3.28. The second-order valence-corrected chi connectivity index (χ2v) is 8.33. The third-order valence-corrected chi connectivity index (χ3v) is 5.41. The lowest BCUT2D eigenvalue weighted by Crippen LogP contribution is -2.31. The van der Waals surface area contributed by atoms with Gasteiger partial charge in [0.15, 0.2) is 0 Å². The molecule has 0 bridgehead atoms. The fraction of sp³-hybridized carbons (Fsp3) is 0.167. The molecule has 0 aliphatic carbocycles. The van der Waals surface area contributed by atoms with Gasteiger partial charge in [-0.05, 0) is 48.5 Å². The van der Waals surface area contributed by atoms with Crippen LogP contribution in [-0.2, 0) is 22.2 Å². The van der Waals surface area contributed by atoms with E-state index in [-0.39, 0.29) is 18.5 Å². The molecule has 1 heterocycles. The van der Waals surface area contributed by atoms with E-state index in [1.165, 1.54) is 42.0 Å². The highest BCUT2D eigenvalue weighted by atomic mass is 35.5. The van der Waals surface area contributed by atoms with Crippen LogP contribution in [0.4, 0.5) is 29.3 Å². The Balaban J connectivity index is 1.60. The number of hydrogen-bond acceptors (Lipinski definition) is 6. The quantitative estimate of drug-likeness (QED) is 0.191. The van der Waals surface area contributed by atoms with Crippen molar-refractivity contribution in [2.24, 2.45) is 11.7 Å². The van der Waals surface area contributed by atoms with Gasteiger partial charge < -0.3 is 21.1 Å². The first-order chi connectivity index (χ1) is 17.9. The van der Waals surface area contributed by atoms with Gasteiger partial charge in [-0.15, -0.1) is 0 Å². The summed E-state index contributed by atoms with van der Waals surface area (Å²) in [4.78, 5) is 39.4. The minimum absolute atomic E-state index is 0.0377. The molecule has 2 aromatic carbocycles. The Morgan fingerprint density at radius 1 is 1.00 bits per heavy atom. The van der Waals surface area contributed by atoms with Crippen LogP contribution in [0.3, 0.4) is 0 Å². The zero-order valence-corrected chi connectivity index (χ0v) is 20.1. The molecule has 14 heteroatoms. The summed E-state index contributed by atoms with van der Waals surface area (Å²) in [6.45, 7) is 0. The molecule has 4 amide bonds. The first-order valence-electron chi connectivity index (χ1n) is 10.8. The lowest BCUT2D eigenvalue weighted by Gasteiger charge is -2.13. The summed E-state index contributed by atoms with van der Waals surface area (Å²) in [6.07, 6.45) is -3.51. The number of nitrogens with one attached hydrogen (secondary N) is 3. The summed E-state index contributed by atoms with van der Waals surface area (Å²) in [5.74, 6) is -1.64. The van der Waals surface area contributed by atoms with Crippen LogP contribution < -0.4 is 26.6 Å². The van der Waals surface area contributed by atoms with Crippen molar-refractivity contribution in [1.82, 2.24) is 10.5 Å². The van der Waals surface area contributed by atoms with Crippen LogP contribution in [0.1, 0.15) is 17.7 Å². The molecule has 10 nitrogen and oxygen atoms in total. The molecular weight excluding hydrogens is 531 g/mol. The van der Waals surface area contributed by atoms with Gasteiger partial charge in [0.05, 0.1) is 16.5 Å². The van der Waals surface area contributed by atoms with Crippen LogP contribution in [0.15, 0.2) is 60.8 Å². The second-order valence-electron chi connectivity index (χ2n) is 7.92. The van der Waals surface area contributed by atoms with E-state index >= 15 is 0 Å². The summed E-state index contributed by atoms with van der Waals surface area (Å²) in [5, 5.41) is 13.0. The predicted molar refractivity (Wildman–Crippen MR) is 131 cm³/mol. The molecule has 0 aliphatic heterocycles. The number of aromatic nitrogens is 1. The number of hydrogen-bond donors (Lipinski definition) is 5. The number of pyridine rings is 1. The van der Waals surface area contributed by atoms with E-state index in [0.717, 1.165) is 12.1 Å². The number of ether oxygens (including phenoxy) is 1. The van der Waals surface area contributed by atoms with Crippen molar-refractivity contribution in [3.05, 3.63) is 77.1 Å². The molecule has 0 spiro atoms. The number of nitrogens with two attached hydrogens (primary N) is 1. The van der Waals surface area contributed by atoms with Crippen molar-refractivity contribution in [1.29, 1.82) is 0 Å². The van der Waals surface area contributed by atoms with Crippen LogP contribution in [0.5, 0.6) is 11.5 Å². The number of amides is 4. The molecule has 0 aliphatic rings. The largest absolute Gasteiger partial charge is 0.457 e. The number of primary amides is 1. The zero-order valence-electron chi connectivity index (χ0n) is 19.4. The van der Waals surface area contributed by atoms with E-state index in [4.69, 9.17) is 27.3 Å². The van der Waals surface area contributed by atoms with Gasteiger partial charge in [0.2, 0.25) is 11.8 Å². The molecule has 3 rings (SSSR count). The van der Waals surface area contributed by atoms with Crippen molar-refractivity contribution in [3.63, 3.8) is 0 Å². The Kier molecular flexibility index (Phi) is 9.10. The fourth-order valence-corrected chi connectivity index (χ4v) is 3.51. The maximum Gasteiger partial charge on any atom is 0.417 e. The average Bonchev–Trinajstić information content (AvgIpc) is 2.85. The number of urea groups is 1. The summed E-state index contributed by atoms with van der Waals surface area (Å²) in [6, 6.07) is 11.4. The van der Waals surface area contributed by atoms with Gasteiger partial charge in [0.25, 0.3) is 0 Å². The van der Waals surface area contributed by atoms with E-state index < -0.39 is 40.5 Å². The monoisotopic (exact) mass is 551 g/mol. The molecule has 6 N–H and O–H groups in total. The van der Waals surface area contributed by atoms with Crippen molar-refractivity contribution in [3.8, 4) is 11.5 Å². The number of benzene rings is 2. The van der Waals surface area contributed by atoms with Gasteiger partial charge in [0.1, 0.15) is 11.5 Å². The molecule has 1 aromatic heterocycles.